The van der Waals surface area contributed by atoms with E-state index < -0.39 is 18.4 Å². The van der Waals surface area contributed by atoms with E-state index in [0.717, 1.165) is 12.3 Å². The zero-order valence-corrected chi connectivity index (χ0v) is 16.4. The molecule has 1 aromatic rings. The Kier molecular flexibility index (Phi) is 7.24. The molecule has 0 saturated heterocycles. The lowest BCUT2D eigenvalue weighted by Gasteiger charge is -2.45. The number of halogens is 3. The number of rotatable bonds is 7. The Labute approximate surface area is 161 Å². The fourth-order valence-corrected chi connectivity index (χ4v) is 5.40. The van der Waals surface area contributed by atoms with Gasteiger partial charge in [-0.2, -0.15) is 8.78 Å². The first-order chi connectivity index (χ1) is 13.0. The van der Waals surface area contributed by atoms with E-state index in [1.165, 1.54) is 44.9 Å². The zero-order valence-electron chi connectivity index (χ0n) is 16.4. The molecule has 0 bridgehead atoms. The molecule has 1 nitrogen and oxygen atoms in total. The average molecular weight is 383 g/mol. The van der Waals surface area contributed by atoms with Crippen molar-refractivity contribution in [3.05, 3.63) is 35.9 Å². The van der Waals surface area contributed by atoms with Crippen LogP contribution >= 0.6 is 0 Å². The van der Waals surface area contributed by atoms with Gasteiger partial charge in [-0.15, -0.1) is 0 Å². The third-order valence-electron chi connectivity index (χ3n) is 6.99. The number of hydrogen-bond donors (Lipinski definition) is 0. The molecule has 1 aromatic carbocycles. The second kappa shape index (κ2) is 9.45. The first kappa shape index (κ1) is 20.7. The maximum absolute atomic E-state index is 15.3. The molecule has 2 fully saturated rings. The van der Waals surface area contributed by atoms with Crippen LogP contribution in [0.15, 0.2) is 30.3 Å². The summed E-state index contributed by atoms with van der Waals surface area (Å²) >= 11 is 0. The first-order valence-electron chi connectivity index (χ1n) is 10.7. The Morgan fingerprint density at radius 1 is 1.04 bits per heavy atom. The summed E-state index contributed by atoms with van der Waals surface area (Å²) in [7, 11) is 0. The van der Waals surface area contributed by atoms with Gasteiger partial charge in [-0.3, -0.25) is 0 Å². The van der Waals surface area contributed by atoms with Crippen LogP contribution in [0.3, 0.4) is 0 Å². The van der Waals surface area contributed by atoms with Crippen molar-refractivity contribution in [2.24, 2.45) is 17.8 Å². The minimum absolute atomic E-state index is 0.297. The molecule has 3 rings (SSSR count). The van der Waals surface area contributed by atoms with Crippen LogP contribution in [0.25, 0.3) is 0 Å². The summed E-state index contributed by atoms with van der Waals surface area (Å²) in [5, 5.41) is 0. The number of hydrogen-bond acceptors (Lipinski definition) is 1. The molecule has 2 aliphatic rings. The molecule has 0 amide bonds. The van der Waals surface area contributed by atoms with E-state index in [1.54, 1.807) is 24.3 Å². The van der Waals surface area contributed by atoms with Crippen molar-refractivity contribution in [3.63, 3.8) is 0 Å². The van der Waals surface area contributed by atoms with Crippen molar-refractivity contribution >= 4 is 0 Å². The molecule has 152 valence electrons. The van der Waals surface area contributed by atoms with Crippen LogP contribution in [-0.2, 0) is 10.3 Å². The molecule has 2 saturated carbocycles. The first-order valence-corrected chi connectivity index (χ1v) is 10.7. The smallest absolute Gasteiger partial charge is 0.308 e. The van der Waals surface area contributed by atoms with Gasteiger partial charge in [-0.25, -0.2) is 4.39 Å². The van der Waals surface area contributed by atoms with Gasteiger partial charge in [0.25, 0.3) is 0 Å². The van der Waals surface area contributed by atoms with Gasteiger partial charge in [0.2, 0.25) is 0 Å². The van der Waals surface area contributed by atoms with Crippen molar-refractivity contribution < 1.29 is 17.9 Å². The molecule has 0 spiro atoms. The molecule has 0 aliphatic heterocycles. The van der Waals surface area contributed by atoms with Crippen LogP contribution in [0, 0.1) is 17.8 Å². The average Bonchev–Trinajstić information content (AvgIpc) is 2.69. The molecular weight excluding hydrogens is 349 g/mol. The van der Waals surface area contributed by atoms with Crippen molar-refractivity contribution in [2.45, 2.75) is 89.5 Å². The molecular formula is C23H33F3O. The van der Waals surface area contributed by atoms with Crippen molar-refractivity contribution in [1.82, 2.24) is 0 Å². The molecule has 3 unspecified atom stereocenters. The summed E-state index contributed by atoms with van der Waals surface area (Å²) in [6.07, 6.45) is 8.75. The van der Waals surface area contributed by atoms with Crippen molar-refractivity contribution in [1.29, 1.82) is 0 Å². The standard InChI is InChI=1S/C23H33F3O/c1-2-3-7-17-10-12-18(13-11-17)19-14-15-23(21(24)16-19,27-22(25)26)20-8-5-4-6-9-20/h4-6,8-9,17-19,21-22H,2-3,7,10-16H2,1H3. The van der Waals surface area contributed by atoms with Gasteiger partial charge in [0, 0.05) is 0 Å². The highest BCUT2D eigenvalue weighted by Crippen LogP contribution is 2.49. The molecule has 0 N–H and O–H groups in total. The summed E-state index contributed by atoms with van der Waals surface area (Å²) in [6.45, 7) is -0.732. The third kappa shape index (κ3) is 4.88. The Morgan fingerprint density at radius 3 is 2.33 bits per heavy atom. The predicted octanol–water partition coefficient (Wildman–Crippen LogP) is 7.26. The summed E-state index contributed by atoms with van der Waals surface area (Å²) in [4.78, 5) is 0. The summed E-state index contributed by atoms with van der Waals surface area (Å²) in [6, 6.07) is 8.78. The normalized spacial score (nSPS) is 34.7. The second-order valence-electron chi connectivity index (χ2n) is 8.56. The maximum Gasteiger partial charge on any atom is 0.346 e. The van der Waals surface area contributed by atoms with E-state index in [2.05, 4.69) is 6.92 Å². The Morgan fingerprint density at radius 2 is 1.74 bits per heavy atom. The second-order valence-corrected chi connectivity index (χ2v) is 8.56. The van der Waals surface area contributed by atoms with Gasteiger partial charge < -0.3 is 4.74 Å². The molecule has 0 heterocycles. The third-order valence-corrected chi connectivity index (χ3v) is 6.99. The van der Waals surface area contributed by atoms with Crippen LogP contribution in [0.4, 0.5) is 13.2 Å². The van der Waals surface area contributed by atoms with Gasteiger partial charge >= 0.3 is 6.61 Å². The SMILES string of the molecule is CCCCC1CCC(C2CCC(OC(F)F)(c3ccccc3)C(F)C2)CC1. The minimum atomic E-state index is -2.96. The topological polar surface area (TPSA) is 9.23 Å². The van der Waals surface area contributed by atoms with Gasteiger partial charge in [0.05, 0.1) is 0 Å². The summed E-state index contributed by atoms with van der Waals surface area (Å²) in [5.41, 5.74) is -0.955. The van der Waals surface area contributed by atoms with Gasteiger partial charge in [0.1, 0.15) is 11.8 Å². The minimum Gasteiger partial charge on any atom is -0.308 e. The van der Waals surface area contributed by atoms with Crippen LogP contribution < -0.4 is 0 Å². The lowest BCUT2D eigenvalue weighted by atomic mass is 9.66. The van der Waals surface area contributed by atoms with E-state index in [4.69, 9.17) is 4.74 Å². The molecule has 2 aliphatic carbocycles. The monoisotopic (exact) mass is 382 g/mol. The highest BCUT2D eigenvalue weighted by molar-refractivity contribution is 5.25. The van der Waals surface area contributed by atoms with Gasteiger partial charge in [0.15, 0.2) is 0 Å². The van der Waals surface area contributed by atoms with Crippen LogP contribution in [0.1, 0.15) is 76.7 Å². The Balaban J connectivity index is 1.64. The number of unbranched alkanes of at least 4 members (excludes halogenated alkanes) is 1. The molecule has 0 radical (unpaired) electrons. The number of benzene rings is 1. The van der Waals surface area contributed by atoms with Crippen LogP contribution in [0.2, 0.25) is 0 Å². The van der Waals surface area contributed by atoms with Crippen molar-refractivity contribution in [3.8, 4) is 0 Å². The van der Waals surface area contributed by atoms with E-state index in [1.807, 2.05) is 6.07 Å². The van der Waals surface area contributed by atoms with Crippen molar-refractivity contribution in [2.75, 3.05) is 0 Å². The predicted molar refractivity (Wildman–Crippen MR) is 102 cm³/mol. The highest BCUT2D eigenvalue weighted by Gasteiger charge is 2.49. The fourth-order valence-electron chi connectivity index (χ4n) is 5.40. The molecule has 3 atom stereocenters. The molecule has 4 heteroatoms. The maximum atomic E-state index is 15.3. The van der Waals surface area contributed by atoms with E-state index in [9.17, 15) is 8.78 Å². The van der Waals surface area contributed by atoms with E-state index >= 15 is 4.39 Å². The van der Waals surface area contributed by atoms with E-state index in [-0.39, 0.29) is 0 Å². The lowest BCUT2D eigenvalue weighted by molar-refractivity contribution is -0.249. The molecule has 27 heavy (non-hydrogen) atoms. The summed E-state index contributed by atoms with van der Waals surface area (Å²) < 4.78 is 46.6. The van der Waals surface area contributed by atoms with Gasteiger partial charge in [-0.1, -0.05) is 69.4 Å². The van der Waals surface area contributed by atoms with Crippen LogP contribution in [-0.4, -0.2) is 12.8 Å². The Hall–Kier alpha value is -1.03. The molecule has 0 aromatic heterocycles. The Bertz CT molecular complexity index is 556. The van der Waals surface area contributed by atoms with E-state index in [0.29, 0.717) is 30.2 Å². The number of ether oxygens (including phenoxy) is 1. The summed E-state index contributed by atoms with van der Waals surface area (Å²) in [5.74, 6) is 1.67. The quantitative estimate of drug-likeness (QED) is 0.482. The fraction of sp³-hybridized carbons (Fsp3) is 0.739. The lowest BCUT2D eigenvalue weighted by Crippen LogP contribution is -2.47. The zero-order chi connectivity index (χ0) is 19.3. The van der Waals surface area contributed by atoms with Crippen LogP contribution in [0.5, 0.6) is 0 Å². The highest BCUT2D eigenvalue weighted by atomic mass is 19.3. The van der Waals surface area contributed by atoms with Gasteiger partial charge in [-0.05, 0) is 55.4 Å². The largest absolute Gasteiger partial charge is 0.346 e. The number of alkyl halides is 3.